The number of hydrogen-bond donors (Lipinski definition) is 1. The number of carbonyl (C=O) groups excluding carboxylic acids is 1. The second-order valence-corrected chi connectivity index (χ2v) is 5.03. The van der Waals surface area contributed by atoms with Gasteiger partial charge in [-0.05, 0) is 38.1 Å². The number of nitrogens with zero attached hydrogens (tertiary/aromatic N) is 2. The highest BCUT2D eigenvalue weighted by atomic mass is 16.6. The third-order valence-electron chi connectivity index (χ3n) is 3.66. The van der Waals surface area contributed by atoms with E-state index in [1.54, 1.807) is 11.9 Å². The zero-order chi connectivity index (χ0) is 15.2. The number of nitrogens with one attached hydrogen (secondary N) is 1. The molecule has 1 heterocycles. The van der Waals surface area contributed by atoms with Gasteiger partial charge in [-0.2, -0.15) is 0 Å². The molecule has 0 spiro atoms. The fraction of sp³-hybridized carbons (Fsp3) is 0.500. The van der Waals surface area contributed by atoms with Crippen LogP contribution in [0, 0.1) is 10.1 Å². The van der Waals surface area contributed by atoms with E-state index in [2.05, 4.69) is 5.32 Å². The van der Waals surface area contributed by atoms with Crippen molar-refractivity contribution in [3.05, 3.63) is 34.4 Å². The molecule has 0 aliphatic carbocycles. The largest absolute Gasteiger partial charge is 0.484 e. The first-order valence-electron chi connectivity index (χ1n) is 6.91. The average Bonchev–Trinajstić information content (AvgIpc) is 2.53. The average molecular weight is 293 g/mol. The molecule has 0 unspecified atom stereocenters. The Hall–Kier alpha value is -2.15. The summed E-state index contributed by atoms with van der Waals surface area (Å²) in [7, 11) is 1.79. The second-order valence-electron chi connectivity index (χ2n) is 5.03. The van der Waals surface area contributed by atoms with Crippen LogP contribution in [0.3, 0.4) is 0 Å². The van der Waals surface area contributed by atoms with Crippen molar-refractivity contribution >= 4 is 11.6 Å². The Labute approximate surface area is 123 Å². The summed E-state index contributed by atoms with van der Waals surface area (Å²) in [5.41, 5.74) is 0.000463. The molecule has 0 atom stereocenters. The Morgan fingerprint density at radius 1 is 1.38 bits per heavy atom. The lowest BCUT2D eigenvalue weighted by Gasteiger charge is -2.31. The zero-order valence-electron chi connectivity index (χ0n) is 11.9. The van der Waals surface area contributed by atoms with Gasteiger partial charge in [0.05, 0.1) is 4.92 Å². The van der Waals surface area contributed by atoms with Gasteiger partial charge in [0, 0.05) is 25.2 Å². The number of rotatable bonds is 5. The molecule has 7 heteroatoms. The molecule has 0 bridgehead atoms. The molecule has 0 aromatic heterocycles. The van der Waals surface area contributed by atoms with Crippen molar-refractivity contribution in [2.24, 2.45) is 0 Å². The van der Waals surface area contributed by atoms with Gasteiger partial charge < -0.3 is 15.0 Å². The minimum atomic E-state index is -0.472. The highest BCUT2D eigenvalue weighted by Crippen LogP contribution is 2.17. The SMILES string of the molecule is CN(C(=O)COc1ccc([N+](=O)[O-])cc1)C1CCNCC1. The van der Waals surface area contributed by atoms with Gasteiger partial charge in [-0.1, -0.05) is 0 Å². The molecule has 0 saturated carbocycles. The van der Waals surface area contributed by atoms with Crippen LogP contribution in [-0.4, -0.2) is 48.5 Å². The molecule has 114 valence electrons. The minimum absolute atomic E-state index is 0.000463. The summed E-state index contributed by atoms with van der Waals surface area (Å²) in [6.07, 6.45) is 1.89. The Bertz CT molecular complexity index is 497. The Morgan fingerprint density at radius 2 is 2.00 bits per heavy atom. The van der Waals surface area contributed by atoms with Crippen molar-refractivity contribution in [1.82, 2.24) is 10.2 Å². The molecule has 1 amide bonds. The van der Waals surface area contributed by atoms with Gasteiger partial charge in [0.15, 0.2) is 6.61 Å². The zero-order valence-corrected chi connectivity index (χ0v) is 11.9. The monoisotopic (exact) mass is 293 g/mol. The van der Waals surface area contributed by atoms with Crippen LogP contribution in [0.2, 0.25) is 0 Å². The maximum absolute atomic E-state index is 12.1. The van der Waals surface area contributed by atoms with Crippen molar-refractivity contribution in [2.45, 2.75) is 18.9 Å². The number of nitro groups is 1. The van der Waals surface area contributed by atoms with Crippen molar-refractivity contribution in [3.8, 4) is 5.75 Å². The number of hydrogen-bond acceptors (Lipinski definition) is 5. The summed E-state index contributed by atoms with van der Waals surface area (Å²) in [5, 5.41) is 13.8. The molecule has 1 aromatic carbocycles. The van der Waals surface area contributed by atoms with Crippen molar-refractivity contribution in [3.63, 3.8) is 0 Å². The van der Waals surface area contributed by atoms with Gasteiger partial charge in [0.1, 0.15) is 5.75 Å². The van der Waals surface area contributed by atoms with E-state index < -0.39 is 4.92 Å². The number of non-ortho nitro benzene ring substituents is 1. The molecule has 1 N–H and O–H groups in total. The molecule has 1 saturated heterocycles. The first kappa shape index (κ1) is 15.2. The van der Waals surface area contributed by atoms with Crippen LogP contribution in [0.25, 0.3) is 0 Å². The fourth-order valence-corrected chi connectivity index (χ4v) is 2.31. The van der Waals surface area contributed by atoms with Gasteiger partial charge in [-0.3, -0.25) is 14.9 Å². The number of carbonyl (C=O) groups is 1. The highest BCUT2D eigenvalue weighted by molar-refractivity contribution is 5.77. The normalized spacial score (nSPS) is 15.5. The number of nitro benzene ring substituents is 1. The molecule has 1 fully saturated rings. The van der Waals surface area contributed by atoms with Crippen molar-refractivity contribution in [2.75, 3.05) is 26.7 Å². The number of likely N-dealkylation sites (N-methyl/N-ethyl adjacent to an activating group) is 1. The number of amides is 1. The minimum Gasteiger partial charge on any atom is -0.484 e. The molecule has 1 aromatic rings. The van der Waals surface area contributed by atoms with Crippen LogP contribution < -0.4 is 10.1 Å². The summed E-state index contributed by atoms with van der Waals surface area (Å²) >= 11 is 0. The maximum atomic E-state index is 12.1. The molecule has 2 rings (SSSR count). The van der Waals surface area contributed by atoms with Crippen LogP contribution in [0.15, 0.2) is 24.3 Å². The summed E-state index contributed by atoms with van der Waals surface area (Å²) in [5.74, 6) is 0.368. The lowest BCUT2D eigenvalue weighted by atomic mass is 10.1. The first-order valence-corrected chi connectivity index (χ1v) is 6.91. The molecule has 1 aliphatic heterocycles. The summed E-state index contributed by atoms with van der Waals surface area (Å²) in [6.45, 7) is 1.79. The third kappa shape index (κ3) is 4.16. The van der Waals surface area contributed by atoms with Crippen molar-refractivity contribution in [1.29, 1.82) is 0 Å². The maximum Gasteiger partial charge on any atom is 0.269 e. The molecule has 21 heavy (non-hydrogen) atoms. The molecular formula is C14H19N3O4. The Morgan fingerprint density at radius 3 is 2.57 bits per heavy atom. The Balaban J connectivity index is 1.83. The fourth-order valence-electron chi connectivity index (χ4n) is 2.31. The molecule has 1 aliphatic rings. The molecular weight excluding hydrogens is 274 g/mol. The standard InChI is InChI=1S/C14H19N3O4/c1-16(11-6-8-15-9-7-11)14(18)10-21-13-4-2-12(3-5-13)17(19)20/h2-5,11,15H,6-10H2,1H3. The Kier molecular flexibility index (Phi) is 5.10. The van der Waals surface area contributed by atoms with Crippen molar-refractivity contribution < 1.29 is 14.5 Å². The van der Waals surface area contributed by atoms with Gasteiger partial charge in [0.25, 0.3) is 11.6 Å². The molecule has 0 radical (unpaired) electrons. The van der Waals surface area contributed by atoms with Crippen LogP contribution in [0.4, 0.5) is 5.69 Å². The predicted molar refractivity (Wildman–Crippen MR) is 77.3 cm³/mol. The first-order chi connectivity index (χ1) is 10.1. The summed E-state index contributed by atoms with van der Waals surface area (Å²) in [6, 6.07) is 5.96. The predicted octanol–water partition coefficient (Wildman–Crippen LogP) is 1.18. The second kappa shape index (κ2) is 7.03. The summed E-state index contributed by atoms with van der Waals surface area (Å²) < 4.78 is 5.39. The van der Waals surface area contributed by atoms with E-state index in [1.165, 1.54) is 24.3 Å². The van der Waals surface area contributed by atoms with E-state index in [4.69, 9.17) is 4.74 Å². The lowest BCUT2D eigenvalue weighted by Crippen LogP contribution is -2.45. The van der Waals surface area contributed by atoms with Gasteiger partial charge in [-0.25, -0.2) is 0 Å². The number of benzene rings is 1. The van der Waals surface area contributed by atoms with Gasteiger partial charge in [-0.15, -0.1) is 0 Å². The highest BCUT2D eigenvalue weighted by Gasteiger charge is 2.22. The molecule has 7 nitrogen and oxygen atoms in total. The lowest BCUT2D eigenvalue weighted by molar-refractivity contribution is -0.384. The number of piperidine rings is 1. The topological polar surface area (TPSA) is 84.7 Å². The third-order valence-corrected chi connectivity index (χ3v) is 3.66. The van der Waals surface area contributed by atoms with Gasteiger partial charge in [0.2, 0.25) is 0 Å². The van der Waals surface area contributed by atoms with Crippen LogP contribution in [0.5, 0.6) is 5.75 Å². The van der Waals surface area contributed by atoms with E-state index in [0.29, 0.717) is 5.75 Å². The van der Waals surface area contributed by atoms with Crippen LogP contribution in [0.1, 0.15) is 12.8 Å². The van der Waals surface area contributed by atoms with E-state index in [-0.39, 0.29) is 24.2 Å². The van der Waals surface area contributed by atoms with E-state index in [0.717, 1.165) is 25.9 Å². The number of ether oxygens (including phenoxy) is 1. The van der Waals surface area contributed by atoms with Crippen LogP contribution >= 0.6 is 0 Å². The van der Waals surface area contributed by atoms with E-state index in [9.17, 15) is 14.9 Å². The quantitative estimate of drug-likeness (QED) is 0.651. The van der Waals surface area contributed by atoms with Gasteiger partial charge >= 0.3 is 0 Å². The van der Waals surface area contributed by atoms with E-state index in [1.807, 2.05) is 0 Å². The summed E-state index contributed by atoms with van der Waals surface area (Å²) in [4.78, 5) is 23.9. The van der Waals surface area contributed by atoms with E-state index >= 15 is 0 Å². The smallest absolute Gasteiger partial charge is 0.269 e. The van der Waals surface area contributed by atoms with Crippen LogP contribution in [-0.2, 0) is 4.79 Å².